The van der Waals surface area contributed by atoms with Crippen LogP contribution in [0.25, 0.3) is 0 Å². The Morgan fingerprint density at radius 3 is 1.81 bits per heavy atom. The van der Waals surface area contributed by atoms with Crippen molar-refractivity contribution in [3.63, 3.8) is 0 Å². The second-order valence-corrected chi connectivity index (χ2v) is 7.90. The molecule has 0 radical (unpaired) electrons. The van der Waals surface area contributed by atoms with E-state index >= 15 is 0 Å². The summed E-state index contributed by atoms with van der Waals surface area (Å²) >= 11 is 0. The number of carboxylic acids is 1. The molecule has 0 fully saturated rings. The van der Waals surface area contributed by atoms with Crippen molar-refractivity contribution in [1.29, 1.82) is 0 Å². The average molecular weight is 523 g/mol. The van der Waals surface area contributed by atoms with Gasteiger partial charge in [-0.25, -0.2) is 9.59 Å². The summed E-state index contributed by atoms with van der Waals surface area (Å²) in [4.78, 5) is 68.4. The minimum atomic E-state index is -1.16. The molecule has 0 aliphatic heterocycles. The molecule has 0 heterocycles. The number of aliphatic carboxylic acids is 1. The highest BCUT2D eigenvalue weighted by Gasteiger charge is 2.24. The molecule has 0 saturated carbocycles. The van der Waals surface area contributed by atoms with Gasteiger partial charge in [0.2, 0.25) is 0 Å². The molecule has 0 saturated heterocycles. The van der Waals surface area contributed by atoms with Gasteiger partial charge in [-0.2, -0.15) is 0 Å². The van der Waals surface area contributed by atoms with Crippen LogP contribution in [0.5, 0.6) is 0 Å². The van der Waals surface area contributed by atoms with Gasteiger partial charge in [-0.1, -0.05) is 0 Å². The van der Waals surface area contributed by atoms with Crippen molar-refractivity contribution in [2.45, 2.75) is 38.6 Å². The van der Waals surface area contributed by atoms with Gasteiger partial charge in [-0.15, -0.1) is 0 Å². The molecule has 0 aromatic carbocycles. The number of nitrogens with zero attached hydrogens (tertiary/aromatic N) is 2. The molecule has 4 N–H and O–H groups in total. The summed E-state index contributed by atoms with van der Waals surface area (Å²) in [5.41, 5.74) is 5.42. The molecule has 2 atom stereocenters. The van der Waals surface area contributed by atoms with Gasteiger partial charge in [0.15, 0.2) is 0 Å². The highest BCUT2D eigenvalue weighted by Crippen LogP contribution is 2.14. The van der Waals surface area contributed by atoms with E-state index in [0.29, 0.717) is 6.54 Å². The van der Waals surface area contributed by atoms with Crippen LogP contribution in [0.3, 0.4) is 0 Å². The van der Waals surface area contributed by atoms with Gasteiger partial charge in [0.1, 0.15) is 11.6 Å². The van der Waals surface area contributed by atoms with Crippen molar-refractivity contribution in [2.75, 3.05) is 62.6 Å². The first-order chi connectivity index (χ1) is 16.6. The predicted molar refractivity (Wildman–Crippen MR) is 130 cm³/mol. The standard InChI is InChI=1S/C12H19NO6.C6H14N2O2.C4H9NO2/c1-7(14)10(13)6-9(15)5-8(12(17)18)3-4-11(16)19-2;1-8(2)5-4-7-6(9)10-3;1-5(2)4(6)7-3/h8,10H,3-6,13H2,1-2H3,(H,17,18);4-5H2,1-3H3,(H,7,9);1-3H3. The molecular weight excluding hydrogens is 480 g/mol. The number of amides is 2. The van der Waals surface area contributed by atoms with E-state index in [-0.39, 0.29) is 43.7 Å². The summed E-state index contributed by atoms with van der Waals surface area (Å²) in [6.45, 7) is 2.72. The number of ether oxygens (including phenoxy) is 3. The zero-order valence-electron chi connectivity index (χ0n) is 22.5. The van der Waals surface area contributed by atoms with Gasteiger partial charge in [0.05, 0.1) is 33.3 Å². The van der Waals surface area contributed by atoms with Gasteiger partial charge in [0, 0.05) is 46.4 Å². The second-order valence-electron chi connectivity index (χ2n) is 7.90. The maximum absolute atomic E-state index is 11.6. The molecule has 2 unspecified atom stereocenters. The van der Waals surface area contributed by atoms with E-state index in [2.05, 4.69) is 19.5 Å². The monoisotopic (exact) mass is 522 g/mol. The summed E-state index contributed by atoms with van der Waals surface area (Å²) in [6.07, 6.45) is -1.17. The quantitative estimate of drug-likeness (QED) is 0.232. The zero-order valence-corrected chi connectivity index (χ0v) is 22.5. The van der Waals surface area contributed by atoms with Crippen LogP contribution in [0.15, 0.2) is 0 Å². The number of carbonyl (C=O) groups is 6. The largest absolute Gasteiger partial charge is 0.481 e. The number of alkyl carbamates (subject to hydrolysis) is 1. The normalized spacial score (nSPS) is 11.3. The number of esters is 1. The van der Waals surface area contributed by atoms with E-state index in [0.717, 1.165) is 6.54 Å². The predicted octanol–water partition coefficient (Wildman–Crippen LogP) is 0.124. The topological polar surface area (TPSA) is 195 Å². The number of carboxylic acid groups (broad SMARTS) is 1. The van der Waals surface area contributed by atoms with Crippen LogP contribution in [0, 0.1) is 5.92 Å². The Morgan fingerprint density at radius 1 is 0.917 bits per heavy atom. The zero-order chi connectivity index (χ0) is 28.8. The third-order valence-electron chi connectivity index (χ3n) is 4.27. The van der Waals surface area contributed by atoms with Crippen molar-refractivity contribution >= 4 is 35.7 Å². The highest BCUT2D eigenvalue weighted by molar-refractivity contribution is 5.90. The number of hydrogen-bond acceptors (Lipinski definition) is 11. The number of methoxy groups -OCH3 is 3. The molecule has 0 spiro atoms. The number of nitrogens with one attached hydrogen (secondary N) is 1. The van der Waals surface area contributed by atoms with Crippen LogP contribution in [0.4, 0.5) is 9.59 Å². The summed E-state index contributed by atoms with van der Waals surface area (Å²) in [6, 6.07) is -0.900. The Morgan fingerprint density at radius 2 is 1.47 bits per heavy atom. The molecular formula is C22H42N4O10. The maximum atomic E-state index is 11.6. The van der Waals surface area contributed by atoms with Crippen molar-refractivity contribution in [1.82, 2.24) is 15.1 Å². The van der Waals surface area contributed by atoms with E-state index in [1.807, 2.05) is 19.0 Å². The minimum absolute atomic E-state index is 0.0169. The summed E-state index contributed by atoms with van der Waals surface area (Å²) in [7, 11) is 11.1. The molecule has 14 heteroatoms. The van der Waals surface area contributed by atoms with Crippen molar-refractivity contribution in [2.24, 2.45) is 11.7 Å². The fraction of sp³-hybridized carbons (Fsp3) is 0.727. The third-order valence-corrected chi connectivity index (χ3v) is 4.27. The minimum Gasteiger partial charge on any atom is -0.481 e. The van der Waals surface area contributed by atoms with Crippen molar-refractivity contribution < 1.29 is 48.1 Å². The summed E-state index contributed by atoms with van der Waals surface area (Å²) in [5.74, 6) is -3.38. The number of carbonyl (C=O) groups excluding carboxylic acids is 5. The Kier molecular flexibility index (Phi) is 23.0. The highest BCUT2D eigenvalue weighted by atomic mass is 16.5. The molecule has 210 valence electrons. The Hall–Kier alpha value is -3.26. The first-order valence-electron chi connectivity index (χ1n) is 10.9. The van der Waals surface area contributed by atoms with Gasteiger partial charge in [-0.3, -0.25) is 19.2 Å². The molecule has 0 bridgehead atoms. The van der Waals surface area contributed by atoms with E-state index in [1.165, 1.54) is 33.2 Å². The van der Waals surface area contributed by atoms with E-state index in [9.17, 15) is 28.8 Å². The van der Waals surface area contributed by atoms with Gasteiger partial charge in [-0.05, 0) is 27.4 Å². The van der Waals surface area contributed by atoms with Gasteiger partial charge < -0.3 is 40.2 Å². The molecule has 0 aliphatic carbocycles. The molecule has 0 aromatic heterocycles. The van der Waals surface area contributed by atoms with E-state index in [1.54, 1.807) is 14.1 Å². The fourth-order valence-electron chi connectivity index (χ4n) is 2.09. The van der Waals surface area contributed by atoms with Gasteiger partial charge >= 0.3 is 24.1 Å². The number of ketones is 2. The lowest BCUT2D eigenvalue weighted by Gasteiger charge is -2.12. The van der Waals surface area contributed by atoms with Crippen LogP contribution in [0.2, 0.25) is 0 Å². The van der Waals surface area contributed by atoms with Crippen LogP contribution in [0.1, 0.15) is 32.6 Å². The second kappa shape index (κ2) is 22.2. The molecule has 0 aliphatic rings. The third kappa shape index (κ3) is 23.9. The summed E-state index contributed by atoms with van der Waals surface area (Å²) in [5, 5.41) is 11.5. The molecule has 36 heavy (non-hydrogen) atoms. The lowest BCUT2D eigenvalue weighted by Crippen LogP contribution is -2.32. The van der Waals surface area contributed by atoms with Gasteiger partial charge in [0.25, 0.3) is 0 Å². The number of hydrogen-bond donors (Lipinski definition) is 3. The van der Waals surface area contributed by atoms with E-state index < -0.39 is 29.7 Å². The number of nitrogens with two attached hydrogens (primary N) is 1. The summed E-state index contributed by atoms with van der Waals surface area (Å²) < 4.78 is 13.1. The average Bonchev–Trinajstić information content (AvgIpc) is 2.80. The Balaban J connectivity index is -0.000000532. The Labute approximate surface area is 212 Å². The maximum Gasteiger partial charge on any atom is 0.408 e. The van der Waals surface area contributed by atoms with E-state index in [4.69, 9.17) is 10.8 Å². The van der Waals surface area contributed by atoms with Crippen molar-refractivity contribution in [3.05, 3.63) is 0 Å². The molecule has 14 nitrogen and oxygen atoms in total. The van der Waals surface area contributed by atoms with Crippen LogP contribution in [-0.4, -0.2) is 119 Å². The van der Waals surface area contributed by atoms with Crippen LogP contribution < -0.4 is 11.1 Å². The number of Topliss-reactive ketones (excluding diaryl/α,β-unsaturated/α-hetero) is 2. The molecule has 0 aromatic rings. The van der Waals surface area contributed by atoms with Crippen LogP contribution in [-0.2, 0) is 33.4 Å². The number of rotatable bonds is 12. The first-order valence-corrected chi connectivity index (χ1v) is 10.9. The van der Waals surface area contributed by atoms with Crippen molar-refractivity contribution in [3.8, 4) is 0 Å². The lowest BCUT2D eigenvalue weighted by molar-refractivity contribution is -0.145. The fourth-order valence-corrected chi connectivity index (χ4v) is 2.09. The number of likely N-dealkylation sites (N-methyl/N-ethyl adjacent to an activating group) is 1. The Bertz CT molecular complexity index is 698. The first kappa shape index (κ1) is 37.3. The smallest absolute Gasteiger partial charge is 0.408 e. The molecule has 0 rings (SSSR count). The SMILES string of the molecule is COC(=O)CCC(CC(=O)CC(N)C(C)=O)C(=O)O.COC(=O)N(C)C.COC(=O)NCCN(C)C. The van der Waals surface area contributed by atoms with Crippen LogP contribution >= 0.6 is 0 Å². The molecule has 2 amide bonds. The lowest BCUT2D eigenvalue weighted by atomic mass is 9.94.